The number of ether oxygens (including phenoxy) is 1. The summed E-state index contributed by atoms with van der Waals surface area (Å²) in [4.78, 5) is 4.67. The molecule has 5 aromatic rings. The van der Waals surface area contributed by atoms with Gasteiger partial charge in [-0.05, 0) is 36.2 Å². The van der Waals surface area contributed by atoms with Crippen molar-refractivity contribution in [3.8, 4) is 17.0 Å². The third-order valence-electron chi connectivity index (χ3n) is 5.74. The normalized spacial score (nSPS) is 11.8. The average Bonchev–Trinajstić information content (AvgIpc) is 2.93. The number of hydrogen-bond acceptors (Lipinski definition) is 2. The number of rotatable bonds is 8. The molecule has 0 spiro atoms. The van der Waals surface area contributed by atoms with Crippen molar-refractivity contribution in [2.24, 2.45) is 0 Å². The van der Waals surface area contributed by atoms with Gasteiger partial charge in [-0.1, -0.05) is 121 Å². The van der Waals surface area contributed by atoms with Crippen LogP contribution < -0.4 is 15.3 Å². The van der Waals surface area contributed by atoms with Crippen LogP contribution >= 0.6 is 7.92 Å². The molecule has 0 saturated carbocycles. The molecule has 1 unspecified atom stereocenters. The molecule has 166 valence electrons. The van der Waals surface area contributed by atoms with E-state index in [1.54, 1.807) is 0 Å². The largest absolute Gasteiger partial charge is 0.483 e. The van der Waals surface area contributed by atoms with Crippen molar-refractivity contribution >= 4 is 18.5 Å². The molecule has 1 atom stereocenters. The summed E-state index contributed by atoms with van der Waals surface area (Å²) in [5, 5.41) is 2.70. The third-order valence-corrected chi connectivity index (χ3v) is 8.28. The van der Waals surface area contributed by atoms with E-state index in [9.17, 15) is 0 Å². The Bertz CT molecular complexity index is 1260. The predicted octanol–water partition coefficient (Wildman–Crippen LogP) is 7.00. The van der Waals surface area contributed by atoms with E-state index in [0.717, 1.165) is 23.2 Å². The van der Waals surface area contributed by atoms with Gasteiger partial charge in [0, 0.05) is 17.9 Å². The van der Waals surface area contributed by atoms with Gasteiger partial charge in [0.1, 0.15) is 17.5 Å². The first kappa shape index (κ1) is 22.1. The summed E-state index contributed by atoms with van der Waals surface area (Å²) >= 11 is 0. The van der Waals surface area contributed by atoms with Gasteiger partial charge >= 0.3 is 0 Å². The molecule has 0 fully saturated rings. The summed E-state index contributed by atoms with van der Waals surface area (Å²) in [5.74, 6) is 0.804. The van der Waals surface area contributed by atoms with Gasteiger partial charge in [0.25, 0.3) is 0 Å². The number of hydrogen-bond donors (Lipinski definition) is 0. The molecule has 0 bridgehead atoms. The zero-order chi connectivity index (χ0) is 23.0. The molecule has 3 heteroatoms. The van der Waals surface area contributed by atoms with Gasteiger partial charge < -0.3 is 4.74 Å². The van der Waals surface area contributed by atoms with Gasteiger partial charge in [0.2, 0.25) is 0 Å². The van der Waals surface area contributed by atoms with E-state index in [2.05, 4.69) is 108 Å². The Kier molecular flexibility index (Phi) is 7.09. The van der Waals surface area contributed by atoms with Gasteiger partial charge in [0.05, 0.1) is 0 Å². The van der Waals surface area contributed by atoms with Crippen molar-refractivity contribution in [2.45, 2.75) is 6.10 Å². The highest BCUT2D eigenvalue weighted by molar-refractivity contribution is 7.73. The molecule has 0 radical (unpaired) electrons. The average molecular weight is 460 g/mol. The van der Waals surface area contributed by atoms with Gasteiger partial charge in [-0.25, -0.2) is 0 Å². The fraction of sp³-hybridized carbons (Fsp3) is 0.0645. The lowest BCUT2D eigenvalue weighted by molar-refractivity contribution is 0.231. The van der Waals surface area contributed by atoms with Crippen molar-refractivity contribution < 1.29 is 4.74 Å². The Balaban J connectivity index is 1.54. The summed E-state index contributed by atoms with van der Waals surface area (Å²) < 4.78 is 6.81. The zero-order valence-electron chi connectivity index (χ0n) is 18.9. The molecule has 0 aliphatic heterocycles. The number of benzene rings is 4. The van der Waals surface area contributed by atoms with E-state index < -0.39 is 7.92 Å². The van der Waals surface area contributed by atoms with Crippen molar-refractivity contribution in [3.05, 3.63) is 145 Å². The first-order valence-electron chi connectivity index (χ1n) is 11.5. The maximum atomic E-state index is 6.81. The summed E-state index contributed by atoms with van der Waals surface area (Å²) in [6.07, 6.45) is 2.59. The van der Waals surface area contributed by atoms with E-state index in [4.69, 9.17) is 4.74 Å². The van der Waals surface area contributed by atoms with E-state index in [0.29, 0.717) is 0 Å². The molecule has 2 nitrogen and oxygen atoms in total. The molecule has 0 aliphatic carbocycles. The fourth-order valence-electron chi connectivity index (χ4n) is 4.07. The van der Waals surface area contributed by atoms with Crippen molar-refractivity contribution in [2.75, 3.05) is 6.16 Å². The minimum Gasteiger partial charge on any atom is -0.483 e. The van der Waals surface area contributed by atoms with Gasteiger partial charge in [-0.3, -0.25) is 4.98 Å². The van der Waals surface area contributed by atoms with E-state index in [1.807, 2.05) is 36.5 Å². The minimum absolute atomic E-state index is 0.112. The number of nitrogens with zero attached hydrogens (tertiary/aromatic N) is 1. The first-order chi connectivity index (χ1) is 16.9. The lowest BCUT2D eigenvalue weighted by Gasteiger charge is -2.27. The molecular weight excluding hydrogens is 433 g/mol. The molecule has 0 saturated heterocycles. The van der Waals surface area contributed by atoms with Crippen LogP contribution in [0.15, 0.2) is 140 Å². The Morgan fingerprint density at radius 2 is 1.12 bits per heavy atom. The molecule has 4 aromatic carbocycles. The fourth-order valence-corrected chi connectivity index (χ4v) is 6.47. The van der Waals surface area contributed by atoms with Crippen LogP contribution in [0.2, 0.25) is 0 Å². The summed E-state index contributed by atoms with van der Waals surface area (Å²) in [7, 11) is -0.619. The second-order valence-corrected chi connectivity index (χ2v) is 10.3. The molecular formula is C31H26NOP. The summed E-state index contributed by atoms with van der Waals surface area (Å²) in [6.45, 7) is 0. The highest BCUT2D eigenvalue weighted by Crippen LogP contribution is 2.41. The smallest absolute Gasteiger partial charge is 0.146 e. The Labute approximate surface area is 202 Å². The number of aromatic nitrogens is 1. The van der Waals surface area contributed by atoms with Crippen LogP contribution in [0.1, 0.15) is 11.7 Å². The Morgan fingerprint density at radius 1 is 0.588 bits per heavy atom. The van der Waals surface area contributed by atoms with E-state index >= 15 is 0 Å². The zero-order valence-corrected chi connectivity index (χ0v) is 19.8. The molecule has 1 aromatic heterocycles. The number of pyridine rings is 1. The lowest BCUT2D eigenvalue weighted by atomic mass is 10.1. The second-order valence-electron chi connectivity index (χ2n) is 8.02. The Hall–Kier alpha value is -3.74. The van der Waals surface area contributed by atoms with Crippen molar-refractivity contribution in [1.29, 1.82) is 0 Å². The lowest BCUT2D eigenvalue weighted by Crippen LogP contribution is -2.21. The molecule has 0 N–H and O–H groups in total. The van der Waals surface area contributed by atoms with E-state index in [-0.39, 0.29) is 6.10 Å². The van der Waals surface area contributed by atoms with E-state index in [1.165, 1.54) is 16.2 Å². The standard InChI is InChI=1S/C31H26NOP/c1-5-14-25(15-6-1)30(33-29-22-13-23-32-31(29)26-16-7-2-8-17-26)24-34(27-18-9-3-10-19-27)28-20-11-4-12-21-28/h1-23,30H,24H2. The quantitative estimate of drug-likeness (QED) is 0.233. The maximum absolute atomic E-state index is 6.81. The van der Waals surface area contributed by atoms with Gasteiger partial charge in [0.15, 0.2) is 0 Å². The van der Waals surface area contributed by atoms with Crippen LogP contribution in [0.5, 0.6) is 5.75 Å². The highest BCUT2D eigenvalue weighted by Gasteiger charge is 2.23. The maximum Gasteiger partial charge on any atom is 0.146 e. The van der Waals surface area contributed by atoms with Crippen LogP contribution in [0, 0.1) is 0 Å². The van der Waals surface area contributed by atoms with Crippen LogP contribution in [-0.4, -0.2) is 11.1 Å². The van der Waals surface area contributed by atoms with Crippen molar-refractivity contribution in [3.63, 3.8) is 0 Å². The topological polar surface area (TPSA) is 22.1 Å². The Morgan fingerprint density at radius 3 is 1.71 bits per heavy atom. The molecule has 0 amide bonds. The second kappa shape index (κ2) is 10.9. The van der Waals surface area contributed by atoms with Crippen LogP contribution in [-0.2, 0) is 0 Å². The molecule has 1 heterocycles. The molecule has 34 heavy (non-hydrogen) atoms. The molecule has 0 aliphatic rings. The van der Waals surface area contributed by atoms with Crippen molar-refractivity contribution in [1.82, 2.24) is 4.98 Å². The van der Waals surface area contributed by atoms with Crippen LogP contribution in [0.25, 0.3) is 11.3 Å². The summed E-state index contributed by atoms with van der Waals surface area (Å²) in [6, 6.07) is 46.4. The monoisotopic (exact) mass is 459 g/mol. The molecule has 5 rings (SSSR count). The third kappa shape index (κ3) is 5.25. The SMILES string of the molecule is c1ccc(-c2ncccc2OC(CP(c2ccccc2)c2ccccc2)c2ccccc2)cc1. The highest BCUT2D eigenvalue weighted by atomic mass is 31.1. The predicted molar refractivity (Wildman–Crippen MR) is 143 cm³/mol. The van der Waals surface area contributed by atoms with Gasteiger partial charge in [-0.2, -0.15) is 0 Å². The minimum atomic E-state index is -0.619. The first-order valence-corrected chi connectivity index (χ1v) is 13.0. The van der Waals surface area contributed by atoms with Gasteiger partial charge in [-0.15, -0.1) is 0 Å². The summed E-state index contributed by atoms with van der Waals surface area (Å²) in [5.41, 5.74) is 3.09. The van der Waals surface area contributed by atoms with Crippen LogP contribution in [0.3, 0.4) is 0 Å². The van der Waals surface area contributed by atoms with Crippen LogP contribution in [0.4, 0.5) is 0 Å².